The first kappa shape index (κ1) is 19.0. The van der Waals surface area contributed by atoms with E-state index in [4.69, 9.17) is 0 Å². The van der Waals surface area contributed by atoms with E-state index in [1.807, 2.05) is 0 Å². The van der Waals surface area contributed by atoms with Crippen molar-refractivity contribution >= 4 is 0 Å². The minimum Gasteiger partial charge on any atom is -0.0654 e. The molecule has 2 atom stereocenters. The monoisotopic (exact) mass is 268 g/mol. The van der Waals surface area contributed by atoms with Crippen molar-refractivity contribution in [1.82, 2.24) is 0 Å². The van der Waals surface area contributed by atoms with Gasteiger partial charge in [-0.2, -0.15) is 0 Å². The van der Waals surface area contributed by atoms with Crippen LogP contribution >= 0.6 is 0 Å². The molecule has 0 aromatic carbocycles. The van der Waals surface area contributed by atoms with Crippen LogP contribution in [0.3, 0.4) is 0 Å². The second-order valence-electron chi connectivity index (χ2n) is 6.54. The Bertz CT molecular complexity index is 143. The molecule has 0 bridgehead atoms. The van der Waals surface area contributed by atoms with E-state index in [0.717, 1.165) is 11.8 Å². The predicted octanol–water partition coefficient (Wildman–Crippen LogP) is 7.37. The average Bonchev–Trinajstić information content (AvgIpc) is 2.39. The van der Waals surface area contributed by atoms with Crippen molar-refractivity contribution < 1.29 is 0 Å². The number of hydrogen-bond donors (Lipinski definition) is 0. The van der Waals surface area contributed by atoms with Gasteiger partial charge in [-0.1, -0.05) is 105 Å². The Morgan fingerprint density at radius 3 is 1.21 bits per heavy atom. The van der Waals surface area contributed by atoms with Crippen LogP contribution in [0.15, 0.2) is 0 Å². The fourth-order valence-electron chi connectivity index (χ4n) is 3.41. The molecule has 0 rings (SSSR count). The summed E-state index contributed by atoms with van der Waals surface area (Å²) in [5.74, 6) is 2.05. The zero-order chi connectivity index (χ0) is 14.3. The third kappa shape index (κ3) is 11.5. The van der Waals surface area contributed by atoms with Crippen LogP contribution in [0.1, 0.15) is 111 Å². The van der Waals surface area contributed by atoms with Crippen LogP contribution in [0.4, 0.5) is 0 Å². The van der Waals surface area contributed by atoms with Crippen LogP contribution in [0.2, 0.25) is 0 Å². The fraction of sp³-hybridized carbons (Fsp3) is 1.00. The molecule has 0 spiro atoms. The molecule has 116 valence electrons. The van der Waals surface area contributed by atoms with Crippen molar-refractivity contribution in [2.75, 3.05) is 0 Å². The molecule has 0 fully saturated rings. The summed E-state index contributed by atoms with van der Waals surface area (Å²) in [4.78, 5) is 0. The molecule has 0 heterocycles. The Morgan fingerprint density at radius 1 is 0.474 bits per heavy atom. The molecule has 0 radical (unpaired) electrons. The normalized spacial score (nSPS) is 14.5. The van der Waals surface area contributed by atoms with Gasteiger partial charge in [0.1, 0.15) is 0 Å². The molecule has 0 aliphatic rings. The van der Waals surface area contributed by atoms with Crippen LogP contribution in [0, 0.1) is 11.8 Å². The summed E-state index contributed by atoms with van der Waals surface area (Å²) in [6, 6.07) is 0. The van der Waals surface area contributed by atoms with Gasteiger partial charge in [0, 0.05) is 0 Å². The Morgan fingerprint density at radius 2 is 0.895 bits per heavy atom. The summed E-state index contributed by atoms with van der Waals surface area (Å²) in [5, 5.41) is 0. The third-order valence-corrected chi connectivity index (χ3v) is 4.49. The number of rotatable bonds is 14. The number of hydrogen-bond acceptors (Lipinski definition) is 0. The maximum Gasteiger partial charge on any atom is -0.0412 e. The first-order valence-electron chi connectivity index (χ1n) is 9.28. The van der Waals surface area contributed by atoms with Crippen molar-refractivity contribution in [2.45, 2.75) is 111 Å². The quantitative estimate of drug-likeness (QED) is 0.288. The van der Waals surface area contributed by atoms with E-state index in [0.29, 0.717) is 0 Å². The van der Waals surface area contributed by atoms with E-state index in [-0.39, 0.29) is 0 Å². The van der Waals surface area contributed by atoms with Crippen molar-refractivity contribution in [2.24, 2.45) is 11.8 Å². The van der Waals surface area contributed by atoms with Crippen LogP contribution in [0.25, 0.3) is 0 Å². The molecule has 0 aromatic rings. The van der Waals surface area contributed by atoms with E-state index in [9.17, 15) is 0 Å². The molecule has 0 saturated heterocycles. The lowest BCUT2D eigenvalue weighted by molar-refractivity contribution is 0.292. The first-order valence-corrected chi connectivity index (χ1v) is 9.28. The first-order chi connectivity index (χ1) is 9.28. The fourth-order valence-corrected chi connectivity index (χ4v) is 3.41. The van der Waals surface area contributed by atoms with Gasteiger partial charge in [0.15, 0.2) is 0 Å². The summed E-state index contributed by atoms with van der Waals surface area (Å²) >= 11 is 0. The molecular formula is C19H40. The molecule has 0 aliphatic carbocycles. The van der Waals surface area contributed by atoms with E-state index < -0.39 is 0 Å². The summed E-state index contributed by atoms with van der Waals surface area (Å²) in [6.07, 6.45) is 18.8. The van der Waals surface area contributed by atoms with Crippen molar-refractivity contribution in [1.29, 1.82) is 0 Å². The Labute approximate surface area is 123 Å². The highest BCUT2D eigenvalue weighted by Gasteiger charge is 2.15. The minimum absolute atomic E-state index is 1.02. The molecule has 0 aliphatic heterocycles. The zero-order valence-corrected chi connectivity index (χ0v) is 14.3. The van der Waals surface area contributed by atoms with Gasteiger partial charge < -0.3 is 0 Å². The average molecular weight is 269 g/mol. The summed E-state index contributed by atoms with van der Waals surface area (Å²) < 4.78 is 0. The summed E-state index contributed by atoms with van der Waals surface area (Å²) in [6.45, 7) is 9.36. The molecule has 2 unspecified atom stereocenters. The molecular weight excluding hydrogens is 228 g/mol. The highest BCUT2D eigenvalue weighted by Crippen LogP contribution is 2.29. The Hall–Kier alpha value is 0. The molecule has 0 amide bonds. The van der Waals surface area contributed by atoms with Gasteiger partial charge in [0.2, 0.25) is 0 Å². The van der Waals surface area contributed by atoms with E-state index in [1.54, 1.807) is 0 Å². The lowest BCUT2D eigenvalue weighted by Gasteiger charge is -2.23. The largest absolute Gasteiger partial charge is 0.0654 e. The SMILES string of the molecule is CCCCCC(CCC)CC(CCC)CCCCC. The van der Waals surface area contributed by atoms with Gasteiger partial charge in [-0.3, -0.25) is 0 Å². The van der Waals surface area contributed by atoms with Crippen LogP contribution in [-0.2, 0) is 0 Å². The third-order valence-electron chi connectivity index (χ3n) is 4.49. The summed E-state index contributed by atoms with van der Waals surface area (Å²) in [5.41, 5.74) is 0. The minimum atomic E-state index is 1.02. The summed E-state index contributed by atoms with van der Waals surface area (Å²) in [7, 11) is 0. The van der Waals surface area contributed by atoms with Crippen molar-refractivity contribution in [3.05, 3.63) is 0 Å². The maximum atomic E-state index is 2.36. The second-order valence-corrected chi connectivity index (χ2v) is 6.54. The van der Waals surface area contributed by atoms with Crippen LogP contribution in [-0.4, -0.2) is 0 Å². The topological polar surface area (TPSA) is 0 Å². The van der Waals surface area contributed by atoms with Gasteiger partial charge in [0.05, 0.1) is 0 Å². The maximum absolute atomic E-state index is 2.36. The predicted molar refractivity (Wildman–Crippen MR) is 89.7 cm³/mol. The van der Waals surface area contributed by atoms with Gasteiger partial charge >= 0.3 is 0 Å². The standard InChI is InChI=1S/C19H40/c1-5-9-11-15-18(13-7-3)17-19(14-8-4)16-12-10-6-2/h18-19H,5-17H2,1-4H3. The zero-order valence-electron chi connectivity index (χ0n) is 14.3. The molecule has 0 N–H and O–H groups in total. The van der Waals surface area contributed by atoms with E-state index >= 15 is 0 Å². The smallest absolute Gasteiger partial charge is 0.0412 e. The van der Waals surface area contributed by atoms with Gasteiger partial charge in [-0.15, -0.1) is 0 Å². The molecule has 0 aromatic heterocycles. The van der Waals surface area contributed by atoms with Gasteiger partial charge in [0.25, 0.3) is 0 Å². The molecule has 0 heteroatoms. The number of unbranched alkanes of at least 4 members (excludes halogenated alkanes) is 4. The second kappa shape index (κ2) is 14.4. The van der Waals surface area contributed by atoms with Gasteiger partial charge in [-0.25, -0.2) is 0 Å². The highest BCUT2D eigenvalue weighted by atomic mass is 14.2. The van der Waals surface area contributed by atoms with Crippen molar-refractivity contribution in [3.63, 3.8) is 0 Å². The van der Waals surface area contributed by atoms with Crippen LogP contribution < -0.4 is 0 Å². The van der Waals surface area contributed by atoms with Crippen LogP contribution in [0.5, 0.6) is 0 Å². The Balaban J connectivity index is 4.05. The lowest BCUT2D eigenvalue weighted by Crippen LogP contribution is -2.10. The van der Waals surface area contributed by atoms with E-state index in [1.165, 1.54) is 83.5 Å². The van der Waals surface area contributed by atoms with Gasteiger partial charge in [-0.05, 0) is 18.3 Å². The Kier molecular flexibility index (Phi) is 14.4. The molecule has 0 saturated carbocycles. The lowest BCUT2D eigenvalue weighted by atomic mass is 9.83. The molecule has 0 nitrogen and oxygen atoms in total. The molecule has 19 heavy (non-hydrogen) atoms. The highest BCUT2D eigenvalue weighted by molar-refractivity contribution is 4.67. The van der Waals surface area contributed by atoms with Crippen molar-refractivity contribution in [3.8, 4) is 0 Å². The van der Waals surface area contributed by atoms with E-state index in [2.05, 4.69) is 27.7 Å².